The van der Waals surface area contributed by atoms with Gasteiger partial charge in [-0.1, -0.05) is 18.9 Å². The normalized spacial score (nSPS) is 17.2. The van der Waals surface area contributed by atoms with E-state index in [-0.39, 0.29) is 5.97 Å². The molecule has 0 bridgehead atoms. The molecule has 1 atom stereocenters. The van der Waals surface area contributed by atoms with Gasteiger partial charge in [-0.2, -0.15) is 0 Å². The van der Waals surface area contributed by atoms with Gasteiger partial charge in [0.2, 0.25) is 0 Å². The van der Waals surface area contributed by atoms with Crippen LogP contribution < -0.4 is 5.32 Å². The Morgan fingerprint density at radius 1 is 1.37 bits per heavy atom. The number of benzene rings is 1. The first-order chi connectivity index (χ1) is 9.11. The number of ether oxygens (including phenoxy) is 1. The van der Waals surface area contributed by atoms with Crippen LogP contribution in [0.1, 0.15) is 48.5 Å². The summed E-state index contributed by atoms with van der Waals surface area (Å²) in [4.78, 5) is 11.6. The second kappa shape index (κ2) is 6.09. The zero-order valence-electron chi connectivity index (χ0n) is 12.0. The molecule has 1 aromatic carbocycles. The fourth-order valence-electron chi connectivity index (χ4n) is 2.84. The van der Waals surface area contributed by atoms with Gasteiger partial charge in [-0.05, 0) is 50.3 Å². The lowest BCUT2D eigenvalue weighted by atomic mass is 9.99. The van der Waals surface area contributed by atoms with E-state index in [1.54, 1.807) is 0 Å². The van der Waals surface area contributed by atoms with Gasteiger partial charge in [-0.25, -0.2) is 4.79 Å². The molecule has 0 saturated heterocycles. The first-order valence-corrected chi connectivity index (χ1v) is 7.07. The summed E-state index contributed by atoms with van der Waals surface area (Å²) >= 11 is 0. The van der Waals surface area contributed by atoms with E-state index < -0.39 is 0 Å². The molecular formula is C16H23NO2. The van der Waals surface area contributed by atoms with Gasteiger partial charge < -0.3 is 10.1 Å². The topological polar surface area (TPSA) is 38.3 Å². The minimum Gasteiger partial charge on any atom is -0.465 e. The monoisotopic (exact) mass is 261 g/mol. The summed E-state index contributed by atoms with van der Waals surface area (Å²) < 4.78 is 4.77. The summed E-state index contributed by atoms with van der Waals surface area (Å²) in [6.07, 6.45) is 5.31. The Hall–Kier alpha value is -1.51. The summed E-state index contributed by atoms with van der Waals surface area (Å²) in [6.45, 7) is 4.30. The van der Waals surface area contributed by atoms with Crippen molar-refractivity contribution in [2.24, 2.45) is 5.92 Å². The molecule has 19 heavy (non-hydrogen) atoms. The van der Waals surface area contributed by atoms with Gasteiger partial charge >= 0.3 is 5.97 Å². The Morgan fingerprint density at radius 3 is 2.68 bits per heavy atom. The van der Waals surface area contributed by atoms with Crippen molar-refractivity contribution in [1.29, 1.82) is 0 Å². The van der Waals surface area contributed by atoms with Crippen molar-refractivity contribution in [3.8, 4) is 0 Å². The number of hydrogen-bond donors (Lipinski definition) is 1. The van der Waals surface area contributed by atoms with Crippen molar-refractivity contribution in [3.63, 3.8) is 0 Å². The van der Waals surface area contributed by atoms with Gasteiger partial charge in [-0.3, -0.25) is 0 Å². The average molecular weight is 261 g/mol. The van der Waals surface area contributed by atoms with Gasteiger partial charge in [0.05, 0.1) is 12.7 Å². The first-order valence-electron chi connectivity index (χ1n) is 7.07. The van der Waals surface area contributed by atoms with Crippen LogP contribution in [0.25, 0.3) is 0 Å². The second-order valence-electron chi connectivity index (χ2n) is 5.50. The SMILES string of the molecule is COC(=O)c1ccc(C)c(NC(C)C2CCCC2)c1. The largest absolute Gasteiger partial charge is 0.465 e. The Morgan fingerprint density at radius 2 is 2.05 bits per heavy atom. The molecule has 1 aromatic rings. The highest BCUT2D eigenvalue weighted by Gasteiger charge is 2.21. The quantitative estimate of drug-likeness (QED) is 0.838. The summed E-state index contributed by atoms with van der Waals surface area (Å²) in [6, 6.07) is 6.13. The molecule has 1 unspecified atom stereocenters. The number of carbonyl (C=O) groups excluding carboxylic acids is 1. The minimum atomic E-state index is -0.281. The highest BCUT2D eigenvalue weighted by atomic mass is 16.5. The van der Waals surface area contributed by atoms with Crippen molar-refractivity contribution in [2.75, 3.05) is 12.4 Å². The van der Waals surface area contributed by atoms with Crippen LogP contribution in [0.3, 0.4) is 0 Å². The summed E-state index contributed by atoms with van der Waals surface area (Å²) in [5, 5.41) is 3.56. The Bertz CT molecular complexity index is 450. The van der Waals surface area contributed by atoms with E-state index >= 15 is 0 Å². The van der Waals surface area contributed by atoms with E-state index in [0.717, 1.165) is 17.2 Å². The van der Waals surface area contributed by atoms with Gasteiger partial charge in [0.25, 0.3) is 0 Å². The van der Waals surface area contributed by atoms with E-state index in [1.807, 2.05) is 18.2 Å². The number of carbonyl (C=O) groups is 1. The number of anilines is 1. The van der Waals surface area contributed by atoms with Gasteiger partial charge in [0.15, 0.2) is 0 Å². The van der Waals surface area contributed by atoms with Crippen molar-refractivity contribution < 1.29 is 9.53 Å². The standard InChI is InChI=1S/C16H23NO2/c1-11-8-9-14(16(18)19-3)10-15(11)17-12(2)13-6-4-5-7-13/h8-10,12-13,17H,4-7H2,1-3H3. The molecule has 0 amide bonds. The molecule has 0 heterocycles. The molecule has 0 spiro atoms. The van der Waals surface area contributed by atoms with Gasteiger partial charge in [0.1, 0.15) is 0 Å². The van der Waals surface area contributed by atoms with Crippen LogP contribution in [-0.4, -0.2) is 19.1 Å². The Balaban J connectivity index is 2.12. The van der Waals surface area contributed by atoms with Crippen LogP contribution in [0, 0.1) is 12.8 Å². The van der Waals surface area contributed by atoms with Crippen LogP contribution in [0.5, 0.6) is 0 Å². The van der Waals surface area contributed by atoms with E-state index in [2.05, 4.69) is 19.2 Å². The summed E-state index contributed by atoms with van der Waals surface area (Å²) in [7, 11) is 1.41. The van der Waals surface area contributed by atoms with E-state index in [4.69, 9.17) is 4.74 Å². The third-order valence-electron chi connectivity index (χ3n) is 4.15. The fourth-order valence-corrected chi connectivity index (χ4v) is 2.84. The number of rotatable bonds is 4. The maximum absolute atomic E-state index is 11.6. The maximum atomic E-state index is 11.6. The minimum absolute atomic E-state index is 0.281. The van der Waals surface area contributed by atoms with Crippen molar-refractivity contribution in [3.05, 3.63) is 29.3 Å². The molecule has 0 radical (unpaired) electrons. The summed E-state index contributed by atoms with van der Waals surface area (Å²) in [5.74, 6) is 0.470. The lowest BCUT2D eigenvalue weighted by Gasteiger charge is -2.23. The zero-order chi connectivity index (χ0) is 13.8. The molecule has 1 aliphatic rings. The molecule has 3 nitrogen and oxygen atoms in total. The van der Waals surface area contributed by atoms with E-state index in [9.17, 15) is 4.79 Å². The molecule has 104 valence electrons. The van der Waals surface area contributed by atoms with Crippen LogP contribution in [0.4, 0.5) is 5.69 Å². The highest BCUT2D eigenvalue weighted by molar-refractivity contribution is 5.90. The van der Waals surface area contributed by atoms with Crippen LogP contribution in [0.2, 0.25) is 0 Å². The number of hydrogen-bond acceptors (Lipinski definition) is 3. The van der Waals surface area contributed by atoms with Gasteiger partial charge in [-0.15, -0.1) is 0 Å². The van der Waals surface area contributed by atoms with Crippen LogP contribution >= 0.6 is 0 Å². The van der Waals surface area contributed by atoms with Crippen molar-refractivity contribution in [2.45, 2.75) is 45.6 Å². The molecule has 1 N–H and O–H groups in total. The predicted molar refractivity (Wildman–Crippen MR) is 77.6 cm³/mol. The lowest BCUT2D eigenvalue weighted by molar-refractivity contribution is 0.0601. The van der Waals surface area contributed by atoms with Crippen LogP contribution in [0.15, 0.2) is 18.2 Å². The maximum Gasteiger partial charge on any atom is 0.337 e. The predicted octanol–water partition coefficient (Wildman–Crippen LogP) is 3.77. The van der Waals surface area contributed by atoms with E-state index in [0.29, 0.717) is 11.6 Å². The molecule has 2 rings (SSSR count). The number of esters is 1. The zero-order valence-corrected chi connectivity index (χ0v) is 12.0. The Kier molecular flexibility index (Phi) is 4.46. The van der Waals surface area contributed by atoms with Gasteiger partial charge in [0, 0.05) is 11.7 Å². The average Bonchev–Trinajstić information content (AvgIpc) is 2.94. The Labute approximate surface area is 115 Å². The van der Waals surface area contributed by atoms with Crippen molar-refractivity contribution in [1.82, 2.24) is 0 Å². The first kappa shape index (κ1) is 13.9. The molecule has 1 fully saturated rings. The van der Waals surface area contributed by atoms with Crippen LogP contribution in [-0.2, 0) is 4.74 Å². The number of aryl methyl sites for hydroxylation is 1. The molecule has 0 aliphatic heterocycles. The summed E-state index contributed by atoms with van der Waals surface area (Å²) in [5.41, 5.74) is 2.81. The molecule has 0 aromatic heterocycles. The highest BCUT2D eigenvalue weighted by Crippen LogP contribution is 2.30. The molecule has 1 saturated carbocycles. The molecule has 3 heteroatoms. The third kappa shape index (κ3) is 3.28. The second-order valence-corrected chi connectivity index (χ2v) is 5.50. The fraction of sp³-hybridized carbons (Fsp3) is 0.562. The lowest BCUT2D eigenvalue weighted by Crippen LogP contribution is -2.24. The molecular weight excluding hydrogens is 238 g/mol. The number of nitrogens with one attached hydrogen (secondary N) is 1. The smallest absolute Gasteiger partial charge is 0.337 e. The van der Waals surface area contributed by atoms with E-state index in [1.165, 1.54) is 32.8 Å². The number of methoxy groups -OCH3 is 1. The van der Waals surface area contributed by atoms with Crippen molar-refractivity contribution >= 4 is 11.7 Å². The molecule has 1 aliphatic carbocycles. The third-order valence-corrected chi connectivity index (χ3v) is 4.15.